The van der Waals surface area contributed by atoms with Gasteiger partial charge in [-0.3, -0.25) is 0 Å². The highest BCUT2D eigenvalue weighted by molar-refractivity contribution is 7.89. The molecule has 0 heterocycles. The number of aliphatic hydroxyl groups excluding tert-OH is 1. The van der Waals surface area contributed by atoms with Crippen LogP contribution in [0.4, 0.5) is 0 Å². The number of hydrogen-bond donors (Lipinski definition) is 2. The summed E-state index contributed by atoms with van der Waals surface area (Å²) in [7, 11) is -3.43. The van der Waals surface area contributed by atoms with E-state index in [1.165, 1.54) is 0 Å². The summed E-state index contributed by atoms with van der Waals surface area (Å²) < 4.78 is 32.5. The molecule has 0 bridgehead atoms. The molecule has 0 aliphatic heterocycles. The van der Waals surface area contributed by atoms with Crippen molar-refractivity contribution in [2.45, 2.75) is 43.0 Å². The molecule has 5 nitrogen and oxygen atoms in total. The average Bonchev–Trinajstić information content (AvgIpc) is 2.92. The van der Waals surface area contributed by atoms with E-state index in [0.717, 1.165) is 25.7 Å². The number of hydrogen-bond acceptors (Lipinski definition) is 4. The van der Waals surface area contributed by atoms with E-state index in [4.69, 9.17) is 9.84 Å². The van der Waals surface area contributed by atoms with Gasteiger partial charge in [0.05, 0.1) is 11.5 Å². The topological polar surface area (TPSA) is 75.6 Å². The van der Waals surface area contributed by atoms with Gasteiger partial charge in [0, 0.05) is 19.1 Å². The fourth-order valence-electron chi connectivity index (χ4n) is 2.30. The number of sulfonamides is 1. The zero-order chi connectivity index (χ0) is 14.4. The summed E-state index contributed by atoms with van der Waals surface area (Å²) in [6.07, 6.45) is 4.57. The van der Waals surface area contributed by atoms with Crippen LogP contribution in [0.1, 0.15) is 32.1 Å². The van der Waals surface area contributed by atoms with Crippen LogP contribution in [-0.4, -0.2) is 32.8 Å². The molecule has 1 aliphatic carbocycles. The lowest BCUT2D eigenvalue weighted by Gasteiger charge is -2.13. The normalized spacial score (nSPS) is 16.4. The van der Waals surface area contributed by atoms with Crippen molar-refractivity contribution >= 4 is 10.0 Å². The molecule has 1 aliphatic rings. The van der Waals surface area contributed by atoms with Crippen molar-refractivity contribution in [3.63, 3.8) is 0 Å². The molecule has 2 N–H and O–H groups in total. The third-order valence-corrected chi connectivity index (χ3v) is 4.92. The second-order valence-corrected chi connectivity index (χ2v) is 6.71. The molecule has 0 radical (unpaired) electrons. The van der Waals surface area contributed by atoms with Crippen molar-refractivity contribution in [3.8, 4) is 5.75 Å². The molecule has 1 aromatic carbocycles. The minimum atomic E-state index is -3.43. The Labute approximate surface area is 120 Å². The summed E-state index contributed by atoms with van der Waals surface area (Å²) in [5.74, 6) is 0.610. The molecule has 0 aromatic heterocycles. The van der Waals surface area contributed by atoms with Gasteiger partial charge in [-0.1, -0.05) is 12.8 Å². The largest absolute Gasteiger partial charge is 0.494 e. The summed E-state index contributed by atoms with van der Waals surface area (Å²) in [5, 5.41) is 8.66. The molecular weight excluding hydrogens is 278 g/mol. The Bertz CT molecular complexity index is 506. The predicted molar refractivity (Wildman–Crippen MR) is 76.2 cm³/mol. The molecule has 0 atom stereocenters. The van der Waals surface area contributed by atoms with Crippen LogP contribution in [0.3, 0.4) is 0 Å². The van der Waals surface area contributed by atoms with E-state index in [1.54, 1.807) is 24.3 Å². The van der Waals surface area contributed by atoms with E-state index < -0.39 is 10.0 Å². The highest BCUT2D eigenvalue weighted by Gasteiger charge is 2.22. The summed E-state index contributed by atoms with van der Waals surface area (Å²) in [5.41, 5.74) is 0. The third-order valence-electron chi connectivity index (χ3n) is 3.38. The van der Waals surface area contributed by atoms with E-state index in [9.17, 15) is 8.42 Å². The first-order valence-corrected chi connectivity index (χ1v) is 8.46. The lowest BCUT2D eigenvalue weighted by molar-refractivity contribution is 0.233. The summed E-state index contributed by atoms with van der Waals surface area (Å²) >= 11 is 0. The monoisotopic (exact) mass is 299 g/mol. The Morgan fingerprint density at radius 2 is 1.85 bits per heavy atom. The molecule has 20 heavy (non-hydrogen) atoms. The predicted octanol–water partition coefficient (Wildman–Crippen LogP) is 1.67. The highest BCUT2D eigenvalue weighted by atomic mass is 32.2. The van der Waals surface area contributed by atoms with Crippen molar-refractivity contribution in [1.29, 1.82) is 0 Å². The molecule has 0 saturated heterocycles. The molecule has 0 unspecified atom stereocenters. The van der Waals surface area contributed by atoms with E-state index >= 15 is 0 Å². The van der Waals surface area contributed by atoms with Crippen LogP contribution >= 0.6 is 0 Å². The molecule has 0 spiro atoms. The van der Waals surface area contributed by atoms with E-state index in [0.29, 0.717) is 18.8 Å². The van der Waals surface area contributed by atoms with Gasteiger partial charge in [0.15, 0.2) is 0 Å². The standard InChI is InChI=1S/C14H21NO4S/c16-10-3-11-19-13-6-8-14(9-7-13)20(17,18)15-12-4-1-2-5-12/h6-9,12,15-16H,1-5,10-11H2. The van der Waals surface area contributed by atoms with Gasteiger partial charge in [-0.05, 0) is 37.1 Å². The van der Waals surface area contributed by atoms with Gasteiger partial charge in [-0.2, -0.15) is 0 Å². The van der Waals surface area contributed by atoms with Gasteiger partial charge in [0.2, 0.25) is 10.0 Å². The van der Waals surface area contributed by atoms with Crippen LogP contribution in [-0.2, 0) is 10.0 Å². The van der Waals surface area contributed by atoms with E-state index in [1.807, 2.05) is 0 Å². The van der Waals surface area contributed by atoms with Crippen molar-refractivity contribution in [3.05, 3.63) is 24.3 Å². The minimum absolute atomic E-state index is 0.0699. The summed E-state index contributed by atoms with van der Waals surface area (Å²) in [6.45, 7) is 0.501. The first-order chi connectivity index (χ1) is 9.62. The van der Waals surface area contributed by atoms with Gasteiger partial charge in [-0.15, -0.1) is 0 Å². The van der Waals surface area contributed by atoms with Gasteiger partial charge in [-0.25, -0.2) is 13.1 Å². The minimum Gasteiger partial charge on any atom is -0.494 e. The molecule has 1 fully saturated rings. The fraction of sp³-hybridized carbons (Fsp3) is 0.571. The number of benzene rings is 1. The van der Waals surface area contributed by atoms with Crippen molar-refractivity contribution < 1.29 is 18.3 Å². The average molecular weight is 299 g/mol. The summed E-state index contributed by atoms with van der Waals surface area (Å²) in [4.78, 5) is 0.263. The van der Waals surface area contributed by atoms with Crippen LogP contribution in [0, 0.1) is 0 Å². The highest BCUT2D eigenvalue weighted by Crippen LogP contribution is 2.21. The second kappa shape index (κ2) is 7.06. The van der Waals surface area contributed by atoms with Crippen molar-refractivity contribution in [2.75, 3.05) is 13.2 Å². The maximum atomic E-state index is 12.2. The number of ether oxygens (including phenoxy) is 1. The Morgan fingerprint density at radius 1 is 1.20 bits per heavy atom. The Kier molecular flexibility index (Phi) is 5.39. The number of rotatable bonds is 7. The van der Waals surface area contributed by atoms with E-state index in [2.05, 4.69) is 4.72 Å². The molecule has 2 rings (SSSR count). The molecule has 1 saturated carbocycles. The zero-order valence-corrected chi connectivity index (χ0v) is 12.2. The fourth-order valence-corrected chi connectivity index (χ4v) is 3.61. The maximum absolute atomic E-state index is 12.2. The lowest BCUT2D eigenvalue weighted by atomic mass is 10.3. The third kappa shape index (κ3) is 4.19. The number of aliphatic hydroxyl groups is 1. The van der Waals surface area contributed by atoms with Crippen LogP contribution in [0.25, 0.3) is 0 Å². The second-order valence-electron chi connectivity index (χ2n) is 5.00. The van der Waals surface area contributed by atoms with Gasteiger partial charge < -0.3 is 9.84 Å². The zero-order valence-electron chi connectivity index (χ0n) is 11.4. The molecule has 6 heteroatoms. The van der Waals surface area contributed by atoms with Crippen LogP contribution in [0.5, 0.6) is 5.75 Å². The Morgan fingerprint density at radius 3 is 2.45 bits per heavy atom. The SMILES string of the molecule is O=S(=O)(NC1CCCC1)c1ccc(OCCCO)cc1. The molecule has 112 valence electrons. The lowest BCUT2D eigenvalue weighted by Crippen LogP contribution is -2.32. The first kappa shape index (κ1) is 15.3. The van der Waals surface area contributed by atoms with Crippen molar-refractivity contribution in [1.82, 2.24) is 4.72 Å². The van der Waals surface area contributed by atoms with Gasteiger partial charge in [0.1, 0.15) is 5.75 Å². The van der Waals surface area contributed by atoms with Crippen LogP contribution in [0.15, 0.2) is 29.2 Å². The molecule has 0 amide bonds. The summed E-state index contributed by atoms with van der Waals surface area (Å²) in [6, 6.07) is 6.44. The smallest absolute Gasteiger partial charge is 0.240 e. The van der Waals surface area contributed by atoms with Gasteiger partial charge >= 0.3 is 0 Å². The molecule has 1 aromatic rings. The van der Waals surface area contributed by atoms with E-state index in [-0.39, 0.29) is 17.5 Å². The first-order valence-electron chi connectivity index (χ1n) is 6.98. The number of nitrogens with one attached hydrogen (secondary N) is 1. The van der Waals surface area contributed by atoms with Gasteiger partial charge in [0.25, 0.3) is 0 Å². The Hall–Kier alpha value is -1.11. The van der Waals surface area contributed by atoms with Crippen molar-refractivity contribution in [2.24, 2.45) is 0 Å². The molecular formula is C14H21NO4S. The van der Waals surface area contributed by atoms with Crippen LogP contribution < -0.4 is 9.46 Å². The van der Waals surface area contributed by atoms with Crippen LogP contribution in [0.2, 0.25) is 0 Å². The maximum Gasteiger partial charge on any atom is 0.240 e. The Balaban J connectivity index is 1.97. The quantitative estimate of drug-likeness (QED) is 0.751.